The van der Waals surface area contributed by atoms with Crippen LogP contribution >= 0.6 is 0 Å². The summed E-state index contributed by atoms with van der Waals surface area (Å²) in [5.41, 5.74) is 2.34. The highest BCUT2D eigenvalue weighted by Crippen LogP contribution is 2.19. The summed E-state index contributed by atoms with van der Waals surface area (Å²) >= 11 is 0. The van der Waals surface area contributed by atoms with E-state index < -0.39 is 0 Å². The highest BCUT2D eigenvalue weighted by molar-refractivity contribution is 5.96. The van der Waals surface area contributed by atoms with Crippen LogP contribution in [-0.2, 0) is 7.05 Å². The van der Waals surface area contributed by atoms with Crippen molar-refractivity contribution in [3.05, 3.63) is 17.0 Å². The molecule has 0 radical (unpaired) electrons. The summed E-state index contributed by atoms with van der Waals surface area (Å²) in [5, 5.41) is 16.7. The Labute approximate surface area is 107 Å². The van der Waals surface area contributed by atoms with E-state index in [1.165, 1.54) is 0 Å². The van der Waals surface area contributed by atoms with Gasteiger partial charge >= 0.3 is 0 Å². The number of aromatic nitrogens is 2. The van der Waals surface area contributed by atoms with Crippen LogP contribution in [0.5, 0.6) is 0 Å². The van der Waals surface area contributed by atoms with E-state index >= 15 is 0 Å². The van der Waals surface area contributed by atoms with Gasteiger partial charge in [-0.25, -0.2) is 0 Å². The van der Waals surface area contributed by atoms with E-state index in [1.807, 2.05) is 20.9 Å². The van der Waals surface area contributed by atoms with Crippen LogP contribution in [0.15, 0.2) is 0 Å². The normalized spacial score (nSPS) is 24.0. The number of aliphatic hydroxyl groups is 1. The van der Waals surface area contributed by atoms with Gasteiger partial charge < -0.3 is 10.4 Å². The average molecular weight is 251 g/mol. The minimum absolute atomic E-state index is 0.0421. The molecule has 0 spiro atoms. The zero-order chi connectivity index (χ0) is 13.3. The molecule has 2 N–H and O–H groups in total. The molecular formula is C13H21N3O2. The highest BCUT2D eigenvalue weighted by atomic mass is 16.3. The van der Waals surface area contributed by atoms with E-state index in [-0.39, 0.29) is 18.1 Å². The molecule has 1 saturated carbocycles. The van der Waals surface area contributed by atoms with E-state index in [1.54, 1.807) is 4.68 Å². The fourth-order valence-electron chi connectivity index (χ4n) is 2.58. The minimum Gasteiger partial charge on any atom is -0.393 e. The SMILES string of the molecule is Cc1nn(C)c(C)c1C(=O)NC1CCC(O)CC1. The first-order valence-corrected chi connectivity index (χ1v) is 6.48. The third-order valence-corrected chi connectivity index (χ3v) is 3.77. The second-order valence-corrected chi connectivity index (χ2v) is 5.15. The van der Waals surface area contributed by atoms with E-state index in [9.17, 15) is 9.90 Å². The van der Waals surface area contributed by atoms with Gasteiger partial charge in [0.25, 0.3) is 5.91 Å². The molecule has 1 aromatic heterocycles. The summed E-state index contributed by atoms with van der Waals surface area (Å²) in [7, 11) is 1.84. The van der Waals surface area contributed by atoms with Crippen LogP contribution in [0.3, 0.4) is 0 Å². The predicted octanol–water partition coefficient (Wildman–Crippen LogP) is 1.07. The molecule has 2 rings (SSSR count). The molecule has 1 aliphatic rings. The van der Waals surface area contributed by atoms with Gasteiger partial charge in [0, 0.05) is 18.8 Å². The van der Waals surface area contributed by atoms with Gasteiger partial charge in [-0.3, -0.25) is 9.48 Å². The van der Waals surface area contributed by atoms with Crippen LogP contribution in [0.4, 0.5) is 0 Å². The van der Waals surface area contributed by atoms with Gasteiger partial charge in [0.2, 0.25) is 0 Å². The number of hydrogen-bond acceptors (Lipinski definition) is 3. The molecule has 5 nitrogen and oxygen atoms in total. The van der Waals surface area contributed by atoms with Crippen LogP contribution < -0.4 is 5.32 Å². The second-order valence-electron chi connectivity index (χ2n) is 5.15. The number of amides is 1. The molecule has 0 bridgehead atoms. The van der Waals surface area contributed by atoms with Crippen molar-refractivity contribution in [2.24, 2.45) is 7.05 Å². The first-order valence-electron chi connectivity index (χ1n) is 6.48. The molecule has 5 heteroatoms. The van der Waals surface area contributed by atoms with Gasteiger partial charge in [-0.2, -0.15) is 5.10 Å². The molecule has 1 fully saturated rings. The van der Waals surface area contributed by atoms with Crippen molar-refractivity contribution in [1.29, 1.82) is 0 Å². The summed E-state index contributed by atoms with van der Waals surface area (Å²) in [6.45, 7) is 3.76. The average Bonchev–Trinajstić information content (AvgIpc) is 2.56. The zero-order valence-electron chi connectivity index (χ0n) is 11.2. The molecule has 1 aromatic rings. The Hall–Kier alpha value is -1.36. The van der Waals surface area contributed by atoms with E-state index in [0.717, 1.165) is 37.1 Å². The minimum atomic E-state index is -0.194. The quantitative estimate of drug-likeness (QED) is 0.826. The Morgan fingerprint density at radius 2 is 1.94 bits per heavy atom. The Kier molecular flexibility index (Phi) is 3.71. The molecule has 0 aliphatic heterocycles. The lowest BCUT2D eigenvalue weighted by Gasteiger charge is -2.26. The lowest BCUT2D eigenvalue weighted by molar-refractivity contribution is 0.0866. The van der Waals surface area contributed by atoms with Gasteiger partial charge in [0.05, 0.1) is 17.4 Å². The van der Waals surface area contributed by atoms with Crippen molar-refractivity contribution >= 4 is 5.91 Å². The monoisotopic (exact) mass is 251 g/mol. The van der Waals surface area contributed by atoms with Crippen LogP contribution in [0.2, 0.25) is 0 Å². The third-order valence-electron chi connectivity index (χ3n) is 3.77. The predicted molar refractivity (Wildman–Crippen MR) is 68.4 cm³/mol. The molecule has 1 heterocycles. The van der Waals surface area contributed by atoms with Gasteiger partial charge in [0.15, 0.2) is 0 Å². The van der Waals surface area contributed by atoms with Crippen molar-refractivity contribution < 1.29 is 9.90 Å². The number of rotatable bonds is 2. The number of carbonyl (C=O) groups is 1. The van der Waals surface area contributed by atoms with Crippen LogP contribution in [0.1, 0.15) is 47.4 Å². The molecule has 0 unspecified atom stereocenters. The highest BCUT2D eigenvalue weighted by Gasteiger charge is 2.23. The number of carbonyl (C=O) groups excluding carboxylic acids is 1. The summed E-state index contributed by atoms with van der Waals surface area (Å²) in [6.07, 6.45) is 3.06. The largest absolute Gasteiger partial charge is 0.393 e. The first kappa shape index (κ1) is 13.1. The lowest BCUT2D eigenvalue weighted by atomic mass is 9.93. The van der Waals surface area contributed by atoms with Gasteiger partial charge in [-0.1, -0.05) is 0 Å². The number of nitrogens with zero attached hydrogens (tertiary/aromatic N) is 2. The second kappa shape index (κ2) is 5.10. The van der Waals surface area contributed by atoms with Gasteiger partial charge in [0.1, 0.15) is 0 Å². The maximum atomic E-state index is 12.2. The summed E-state index contributed by atoms with van der Waals surface area (Å²) < 4.78 is 1.73. The Bertz CT molecular complexity index is 445. The number of aryl methyl sites for hydroxylation is 2. The van der Waals surface area contributed by atoms with Crippen molar-refractivity contribution in [3.63, 3.8) is 0 Å². The first-order chi connectivity index (χ1) is 8.49. The fraction of sp³-hybridized carbons (Fsp3) is 0.692. The maximum absolute atomic E-state index is 12.2. The molecule has 0 atom stereocenters. The Morgan fingerprint density at radius 1 is 1.33 bits per heavy atom. The van der Waals surface area contributed by atoms with Crippen LogP contribution in [0, 0.1) is 13.8 Å². The van der Waals surface area contributed by atoms with E-state index in [4.69, 9.17) is 0 Å². The standard InChI is InChI=1S/C13H21N3O2/c1-8-12(9(2)16(3)15-8)13(18)14-10-4-6-11(17)7-5-10/h10-11,17H,4-7H2,1-3H3,(H,14,18). The Balaban J connectivity index is 2.04. The van der Waals surface area contributed by atoms with Gasteiger partial charge in [-0.05, 0) is 39.5 Å². The third kappa shape index (κ3) is 2.56. The van der Waals surface area contributed by atoms with Crippen molar-refractivity contribution in [2.45, 2.75) is 51.7 Å². The topological polar surface area (TPSA) is 67.2 Å². The number of nitrogens with one attached hydrogen (secondary N) is 1. The van der Waals surface area contributed by atoms with Gasteiger partial charge in [-0.15, -0.1) is 0 Å². The number of hydrogen-bond donors (Lipinski definition) is 2. The fourth-order valence-corrected chi connectivity index (χ4v) is 2.58. The van der Waals surface area contributed by atoms with Crippen molar-refractivity contribution in [1.82, 2.24) is 15.1 Å². The summed E-state index contributed by atoms with van der Waals surface area (Å²) in [6, 6.07) is 0.180. The maximum Gasteiger partial charge on any atom is 0.255 e. The molecule has 100 valence electrons. The van der Waals surface area contributed by atoms with Crippen LogP contribution in [0.25, 0.3) is 0 Å². The molecular weight excluding hydrogens is 230 g/mol. The van der Waals surface area contributed by atoms with Crippen LogP contribution in [-0.4, -0.2) is 32.9 Å². The Morgan fingerprint density at radius 3 is 2.44 bits per heavy atom. The molecule has 0 aromatic carbocycles. The molecule has 1 amide bonds. The van der Waals surface area contributed by atoms with E-state index in [2.05, 4.69) is 10.4 Å². The number of aliphatic hydroxyl groups excluding tert-OH is 1. The van der Waals surface area contributed by atoms with Crippen molar-refractivity contribution in [2.75, 3.05) is 0 Å². The zero-order valence-corrected chi connectivity index (χ0v) is 11.2. The lowest BCUT2D eigenvalue weighted by Crippen LogP contribution is -2.39. The summed E-state index contributed by atoms with van der Waals surface area (Å²) in [5.74, 6) is -0.0421. The van der Waals surface area contributed by atoms with Crippen molar-refractivity contribution in [3.8, 4) is 0 Å². The molecule has 0 saturated heterocycles. The molecule has 1 aliphatic carbocycles. The molecule has 18 heavy (non-hydrogen) atoms. The van der Waals surface area contributed by atoms with E-state index in [0.29, 0.717) is 5.56 Å². The smallest absolute Gasteiger partial charge is 0.255 e. The summed E-state index contributed by atoms with van der Waals surface area (Å²) in [4.78, 5) is 12.2.